The van der Waals surface area contributed by atoms with Gasteiger partial charge in [-0.25, -0.2) is 4.79 Å². The number of hydrogen-bond donors (Lipinski definition) is 1. The predicted octanol–water partition coefficient (Wildman–Crippen LogP) is -0.763. The molecule has 1 saturated heterocycles. The Hall–Kier alpha value is -0.460. The third-order valence-electron chi connectivity index (χ3n) is 1.10. The Morgan fingerprint density at radius 2 is 2.60 bits per heavy atom. The lowest BCUT2D eigenvalue weighted by atomic mass is 10.7. The number of hydrogen-bond acceptors (Lipinski definition) is 4. The summed E-state index contributed by atoms with van der Waals surface area (Å²) >= 11 is -1.42. The number of ether oxygens (including phenoxy) is 1. The summed E-state index contributed by atoms with van der Waals surface area (Å²) in [7, 11) is 1.52. The summed E-state index contributed by atoms with van der Waals surface area (Å²) in [5.41, 5.74) is 0. The van der Waals surface area contributed by atoms with Gasteiger partial charge in [0.1, 0.15) is 13.2 Å². The summed E-state index contributed by atoms with van der Waals surface area (Å²) in [6.45, 7) is 0.721. The van der Waals surface area contributed by atoms with Crippen molar-refractivity contribution in [2.24, 2.45) is 0 Å². The zero-order chi connectivity index (χ0) is 7.56. The van der Waals surface area contributed by atoms with Crippen LogP contribution >= 0.6 is 0 Å². The van der Waals surface area contributed by atoms with E-state index in [9.17, 15) is 9.35 Å². The molecule has 10 heavy (non-hydrogen) atoms. The van der Waals surface area contributed by atoms with Crippen molar-refractivity contribution < 1.29 is 14.1 Å². The second kappa shape index (κ2) is 3.09. The minimum absolute atomic E-state index is 0.326. The van der Waals surface area contributed by atoms with Crippen molar-refractivity contribution in [1.29, 1.82) is 0 Å². The molecule has 0 aromatic heterocycles. The van der Waals surface area contributed by atoms with Gasteiger partial charge in [0.25, 0.3) is 0 Å². The van der Waals surface area contributed by atoms with Crippen molar-refractivity contribution in [2.45, 2.75) is 0 Å². The van der Waals surface area contributed by atoms with Crippen molar-refractivity contribution in [3.05, 3.63) is 0 Å². The fourth-order valence-corrected chi connectivity index (χ4v) is 1.29. The first-order valence-corrected chi connectivity index (χ1v) is 3.90. The van der Waals surface area contributed by atoms with Crippen LogP contribution in [0.5, 0.6) is 0 Å². The summed E-state index contributed by atoms with van der Waals surface area (Å²) in [6.07, 6.45) is -0.521. The second-order valence-electron chi connectivity index (χ2n) is 1.67. The van der Waals surface area contributed by atoms with Crippen molar-refractivity contribution in [2.75, 3.05) is 20.2 Å². The molecule has 1 fully saturated rings. The van der Waals surface area contributed by atoms with E-state index in [1.807, 2.05) is 0 Å². The number of nitrogens with one attached hydrogen (secondary N) is 1. The van der Waals surface area contributed by atoms with Crippen LogP contribution in [0.1, 0.15) is 0 Å². The van der Waals surface area contributed by atoms with Gasteiger partial charge in [0.2, 0.25) is 0 Å². The van der Waals surface area contributed by atoms with Gasteiger partial charge in [-0.15, -0.1) is 9.03 Å². The fraction of sp³-hybridized carbons (Fsp3) is 0.750. The van der Waals surface area contributed by atoms with Crippen molar-refractivity contribution in [1.82, 2.24) is 9.03 Å². The summed E-state index contributed by atoms with van der Waals surface area (Å²) in [5, 5.41) is 0. The van der Waals surface area contributed by atoms with Gasteiger partial charge >= 0.3 is 6.09 Å². The monoisotopic (exact) mass is 164 g/mol. The minimum Gasteiger partial charge on any atom is -0.573 e. The summed E-state index contributed by atoms with van der Waals surface area (Å²) in [4.78, 5) is 10.6. The lowest BCUT2D eigenvalue weighted by Gasteiger charge is -2.13. The van der Waals surface area contributed by atoms with Crippen LogP contribution in [0, 0.1) is 0 Å². The molecule has 1 heterocycles. The SMILES string of the molecule is CN[S+]([O-])N1CCOC1=O. The first kappa shape index (κ1) is 7.64. The summed E-state index contributed by atoms with van der Waals surface area (Å²) in [6, 6.07) is 0. The molecule has 0 aromatic carbocycles. The first-order valence-electron chi connectivity index (χ1n) is 2.79. The Kier molecular flexibility index (Phi) is 2.36. The molecule has 1 unspecified atom stereocenters. The molecule has 1 amide bonds. The zero-order valence-electron chi connectivity index (χ0n) is 5.49. The molecule has 1 rings (SSSR count). The van der Waals surface area contributed by atoms with Gasteiger partial charge in [0, 0.05) is 7.05 Å². The smallest absolute Gasteiger partial charge is 0.453 e. The molecule has 0 aliphatic carbocycles. The van der Waals surface area contributed by atoms with Gasteiger partial charge < -0.3 is 9.29 Å². The van der Waals surface area contributed by atoms with E-state index >= 15 is 0 Å². The van der Waals surface area contributed by atoms with E-state index in [0.29, 0.717) is 13.2 Å². The highest BCUT2D eigenvalue weighted by molar-refractivity contribution is 7.87. The summed E-state index contributed by atoms with van der Waals surface area (Å²) in [5.74, 6) is 0. The lowest BCUT2D eigenvalue weighted by molar-refractivity contribution is 0.169. The third kappa shape index (κ3) is 1.34. The van der Waals surface area contributed by atoms with E-state index in [1.165, 1.54) is 7.05 Å². The predicted molar refractivity (Wildman–Crippen MR) is 35.3 cm³/mol. The van der Waals surface area contributed by atoms with Gasteiger partial charge in [-0.2, -0.15) is 0 Å². The number of cyclic esters (lactones) is 1. The second-order valence-corrected chi connectivity index (χ2v) is 3.02. The molecular weight excluding hydrogens is 156 g/mol. The number of nitrogens with zero attached hydrogens (tertiary/aromatic N) is 1. The minimum atomic E-state index is -1.42. The molecule has 1 atom stereocenters. The van der Waals surface area contributed by atoms with E-state index in [2.05, 4.69) is 9.46 Å². The molecule has 1 aliphatic rings. The molecule has 0 saturated carbocycles. The quantitative estimate of drug-likeness (QED) is 0.545. The van der Waals surface area contributed by atoms with E-state index in [1.54, 1.807) is 0 Å². The van der Waals surface area contributed by atoms with Crippen molar-refractivity contribution in [3.63, 3.8) is 0 Å². The summed E-state index contributed by atoms with van der Waals surface area (Å²) < 4.78 is 19.0. The van der Waals surface area contributed by atoms with Gasteiger partial charge in [0.15, 0.2) is 11.5 Å². The number of rotatable bonds is 2. The normalized spacial score (nSPS) is 21.0. The molecule has 0 bridgehead atoms. The van der Waals surface area contributed by atoms with Crippen LogP contribution in [-0.4, -0.2) is 35.2 Å². The Labute approximate surface area is 61.8 Å². The highest BCUT2D eigenvalue weighted by Gasteiger charge is 2.32. The number of carbonyl (C=O) groups excluding carboxylic acids is 1. The Balaban J connectivity index is 2.46. The van der Waals surface area contributed by atoms with Crippen molar-refractivity contribution >= 4 is 17.6 Å². The Bertz CT molecular complexity index is 142. The number of amides is 1. The first-order chi connectivity index (χ1) is 4.75. The molecule has 58 valence electrons. The largest absolute Gasteiger partial charge is 0.573 e. The zero-order valence-corrected chi connectivity index (χ0v) is 6.31. The highest BCUT2D eigenvalue weighted by Crippen LogP contribution is 2.06. The van der Waals surface area contributed by atoms with Crippen LogP contribution in [0.25, 0.3) is 0 Å². The van der Waals surface area contributed by atoms with E-state index in [-0.39, 0.29) is 0 Å². The lowest BCUT2D eigenvalue weighted by Crippen LogP contribution is -2.39. The number of carbonyl (C=O) groups is 1. The molecule has 6 heteroatoms. The van der Waals surface area contributed by atoms with Gasteiger partial charge in [-0.05, 0) is 0 Å². The molecule has 0 radical (unpaired) electrons. The Morgan fingerprint density at radius 3 is 3.00 bits per heavy atom. The maximum absolute atomic E-state index is 10.8. The van der Waals surface area contributed by atoms with Crippen LogP contribution in [-0.2, 0) is 16.3 Å². The van der Waals surface area contributed by atoms with Crippen LogP contribution in [0.4, 0.5) is 4.79 Å². The molecule has 5 nitrogen and oxygen atoms in total. The van der Waals surface area contributed by atoms with E-state index in [0.717, 1.165) is 4.31 Å². The molecular formula is C4H8N2O3S. The third-order valence-corrected chi connectivity index (χ3v) is 2.18. The molecule has 1 N–H and O–H groups in total. The Morgan fingerprint density at radius 1 is 1.90 bits per heavy atom. The highest BCUT2D eigenvalue weighted by atomic mass is 32.2. The standard InChI is InChI=1S/C4H8N2O3S/c1-5-10(8)6-2-3-9-4(6)7/h5H,2-3H2,1H3. The average molecular weight is 164 g/mol. The van der Waals surface area contributed by atoms with Crippen molar-refractivity contribution in [3.8, 4) is 0 Å². The average Bonchev–Trinajstić information content (AvgIpc) is 2.34. The van der Waals surface area contributed by atoms with Crippen LogP contribution < -0.4 is 4.72 Å². The molecule has 0 aromatic rings. The van der Waals surface area contributed by atoms with Crippen LogP contribution in [0.3, 0.4) is 0 Å². The molecule has 0 spiro atoms. The van der Waals surface area contributed by atoms with Gasteiger partial charge in [0.05, 0.1) is 0 Å². The maximum atomic E-state index is 10.8. The maximum Gasteiger partial charge on any atom is 0.453 e. The van der Waals surface area contributed by atoms with Crippen LogP contribution in [0.2, 0.25) is 0 Å². The van der Waals surface area contributed by atoms with Gasteiger partial charge in [-0.1, -0.05) is 0 Å². The molecule has 1 aliphatic heterocycles. The van der Waals surface area contributed by atoms with E-state index in [4.69, 9.17) is 0 Å². The van der Waals surface area contributed by atoms with E-state index < -0.39 is 17.6 Å². The topological polar surface area (TPSA) is 64.6 Å². The van der Waals surface area contributed by atoms with Crippen LogP contribution in [0.15, 0.2) is 0 Å². The van der Waals surface area contributed by atoms with Gasteiger partial charge in [-0.3, -0.25) is 0 Å². The fourth-order valence-electron chi connectivity index (χ4n) is 0.640.